The minimum absolute atomic E-state index is 0.0211. The highest BCUT2D eigenvalue weighted by atomic mass is 32.2. The van der Waals surface area contributed by atoms with Crippen LogP contribution in [0.4, 0.5) is 39.5 Å². The number of fused-ring (bicyclic) bond motifs is 6. The molecule has 7 heterocycles. The Morgan fingerprint density at radius 2 is 0.825 bits per heavy atom. The number of amides is 3. The second kappa shape index (κ2) is 33.1. The van der Waals surface area contributed by atoms with Gasteiger partial charge in [0.1, 0.15) is 29.0 Å². The van der Waals surface area contributed by atoms with Crippen LogP contribution in [0.15, 0.2) is 97.1 Å². The molecular weight excluding hydrogens is 1420 g/mol. The third-order valence-corrected chi connectivity index (χ3v) is 27.1. The summed E-state index contributed by atoms with van der Waals surface area (Å²) in [6.45, 7) is 4.27. The van der Waals surface area contributed by atoms with Gasteiger partial charge in [0.25, 0.3) is 0 Å². The predicted octanol–water partition coefficient (Wildman–Crippen LogP) is 8.25. The first-order valence-electron chi connectivity index (χ1n) is 34.8. The molecule has 7 fully saturated rings. The summed E-state index contributed by atoms with van der Waals surface area (Å²) >= 11 is 0. The molecule has 7 N–H and O–H groups in total. The lowest BCUT2D eigenvalue weighted by Gasteiger charge is -2.44. The van der Waals surface area contributed by atoms with E-state index in [1.165, 1.54) is 29.5 Å². The number of benzene rings is 5. The molecule has 0 spiro atoms. The van der Waals surface area contributed by atoms with Gasteiger partial charge in [0, 0.05) is 106 Å². The smallest absolute Gasteiger partial charge is 0.245 e. The number of nitrogens with one attached hydrogen (secondary N) is 1. The van der Waals surface area contributed by atoms with Gasteiger partial charge in [0.2, 0.25) is 47.8 Å². The lowest BCUT2D eigenvalue weighted by molar-refractivity contribution is -0.139. The molecule has 5 aromatic carbocycles. The summed E-state index contributed by atoms with van der Waals surface area (Å²) in [6.07, 6.45) is 8.01. The van der Waals surface area contributed by atoms with Crippen LogP contribution in [0.3, 0.4) is 0 Å². The molecule has 0 saturated carbocycles. The van der Waals surface area contributed by atoms with Crippen LogP contribution in [-0.2, 0) is 81.5 Å². The topological polar surface area (TPSA) is 269 Å². The minimum Gasteiger partial charge on any atom is -0.379 e. The highest BCUT2D eigenvalue weighted by Gasteiger charge is 2.54. The molecule has 0 aliphatic carbocycles. The van der Waals surface area contributed by atoms with Gasteiger partial charge in [-0.2, -0.15) is 4.31 Å². The third-order valence-electron chi connectivity index (χ3n) is 21.7. The van der Waals surface area contributed by atoms with Gasteiger partial charge in [-0.3, -0.25) is 14.4 Å². The summed E-state index contributed by atoms with van der Waals surface area (Å²) in [4.78, 5) is 44.7. The minimum atomic E-state index is -3.88. The quantitative estimate of drug-likeness (QED) is 0.0376. The maximum atomic E-state index is 14.1. The number of piperidine rings is 3. The highest BCUT2D eigenvalue weighted by molar-refractivity contribution is 7.91. The molecular formula is C72H90F9N9O10S3. The first kappa shape index (κ1) is 79.0. The second-order valence-corrected chi connectivity index (χ2v) is 35.3. The summed E-state index contributed by atoms with van der Waals surface area (Å²) in [5.74, 6) is -12.2. The number of sulfonamides is 3. The number of carbonyl (C=O) groups is 3. The number of carbonyl (C=O) groups excluding carboxylic acids is 3. The van der Waals surface area contributed by atoms with Gasteiger partial charge in [0.05, 0.1) is 13.2 Å². The maximum Gasteiger partial charge on any atom is 0.245 e. The van der Waals surface area contributed by atoms with E-state index in [9.17, 15) is 79.2 Å². The number of ether oxygens (including phenoxy) is 1. The number of hydrogen-bond donors (Lipinski definition) is 4. The number of hydrogen-bond acceptors (Lipinski definition) is 13. The van der Waals surface area contributed by atoms with Crippen molar-refractivity contribution in [3.63, 3.8) is 0 Å². The SMILES string of the molecule is CC(C)(C(=O)N1[C@@H]2CC[C@H]1CC([C@H](N)Cc1cc(F)c(F)cc1F)C2)S(=O)(=O)N1CCOCC1.CN(Cc1ccccc1)S(=O)(=O)CC(=O)N1[C@@H]2CC[C@H]1CC([C@H](N)Cc1cc(F)c(F)cc1F)C2.N[C@H](Cc1cc(F)c(F)cc1F)C1C[C@H]2CC[C@@H](C1)N2C(=O)CS(=O)(=O)NCc1ccccc1. The average molecular weight is 1510 g/mol. The fraction of sp³-hybridized carbons (Fsp3) is 0.542. The van der Waals surface area contributed by atoms with E-state index in [0.717, 1.165) is 67.9 Å². The molecule has 7 aliphatic heterocycles. The van der Waals surface area contributed by atoms with Gasteiger partial charge in [-0.1, -0.05) is 60.7 Å². The summed E-state index contributed by atoms with van der Waals surface area (Å²) < 4.78 is 208. The highest BCUT2D eigenvalue weighted by Crippen LogP contribution is 2.45. The summed E-state index contributed by atoms with van der Waals surface area (Å²) in [7, 11) is -10.0. The molecule has 19 nitrogen and oxygen atoms in total. The number of nitrogens with zero attached hydrogens (tertiary/aromatic N) is 5. The Balaban J connectivity index is 0.000000166. The van der Waals surface area contributed by atoms with Crippen molar-refractivity contribution in [3.8, 4) is 0 Å². The van der Waals surface area contributed by atoms with E-state index in [1.807, 2.05) is 48.5 Å². The van der Waals surface area contributed by atoms with E-state index < -0.39 is 135 Å². The van der Waals surface area contributed by atoms with Gasteiger partial charge in [-0.05, 0) is 174 Å². The monoisotopic (exact) mass is 1510 g/mol. The summed E-state index contributed by atoms with van der Waals surface area (Å²) in [6, 6.07) is 20.0. The van der Waals surface area contributed by atoms with E-state index in [0.29, 0.717) is 69.9 Å². The lowest BCUT2D eigenvalue weighted by atomic mass is 9.82. The second-order valence-electron chi connectivity index (χ2n) is 28.9. The molecule has 7 saturated heterocycles. The standard InChI is InChI=1S/C25H30F3N3O3S.C24H28F3N3O3S.C23H32F3N3O4S/c1-30(14-16-5-3-2-4-6-16)35(33,34)15-25(32)31-19-7-8-20(31)10-18(9-19)24(29)12-17-11-22(27)23(28)13-21(17)26;25-20-12-22(27)21(26)10-16(20)11-23(28)17-8-18-6-7-19(9-17)30(18)24(31)14-34(32,33)29-13-15-4-2-1-3-5-15;1-23(2,34(31,32)28-5-7-33-8-6-28)22(30)29-16-3-4-17(29)10-15(9-16)21(27)12-14-11-19(25)20(26)13-18(14)24/h2-6,11,13,18-20,24H,7-10,12,14-15,29H2,1H3;1-5,10,12,17-19,23,29H,6-9,11,13-14,28H2;11,13,15-17,21H,3-10,12,27H2,1-2H3/t18?,19-,20+,24-;17?,18-,19+,23-;15?,16-,17+,21-/m111/s1. The van der Waals surface area contributed by atoms with Gasteiger partial charge < -0.3 is 36.6 Å². The third kappa shape index (κ3) is 18.6. The van der Waals surface area contributed by atoms with Crippen molar-refractivity contribution >= 4 is 47.8 Å². The molecule has 3 amide bonds. The van der Waals surface area contributed by atoms with Crippen molar-refractivity contribution in [1.29, 1.82) is 0 Å². The van der Waals surface area contributed by atoms with E-state index >= 15 is 0 Å². The van der Waals surface area contributed by atoms with E-state index in [4.69, 9.17) is 21.9 Å². The van der Waals surface area contributed by atoms with Crippen LogP contribution in [0.1, 0.15) is 119 Å². The van der Waals surface area contributed by atoms with Crippen molar-refractivity contribution in [2.75, 3.05) is 44.9 Å². The number of nitrogens with two attached hydrogens (primary N) is 3. The Morgan fingerprint density at radius 3 is 1.19 bits per heavy atom. The van der Waals surface area contributed by atoms with Crippen molar-refractivity contribution < 1.29 is 83.9 Å². The van der Waals surface area contributed by atoms with Crippen molar-refractivity contribution in [1.82, 2.24) is 28.0 Å². The normalized spacial score (nSPS) is 24.4. The summed E-state index contributed by atoms with van der Waals surface area (Å²) in [5, 5.41) is 0. The fourth-order valence-electron chi connectivity index (χ4n) is 16.2. The van der Waals surface area contributed by atoms with Gasteiger partial charge in [0.15, 0.2) is 39.7 Å². The molecule has 6 bridgehead atoms. The average Bonchev–Trinajstić information content (AvgIpc) is 1.27. The molecule has 5 aromatic rings. The summed E-state index contributed by atoms with van der Waals surface area (Å²) in [5.41, 5.74) is 20.7. The number of morpholine rings is 1. The van der Waals surface area contributed by atoms with E-state index in [-0.39, 0.29) is 116 Å². The Bertz CT molecular complexity index is 4170. The molecule has 3 unspecified atom stereocenters. The van der Waals surface area contributed by atoms with Crippen LogP contribution in [-0.4, -0.2) is 170 Å². The molecule has 7 aliphatic rings. The Hall–Kier alpha value is -6.55. The van der Waals surface area contributed by atoms with E-state index in [2.05, 4.69) is 4.72 Å². The molecule has 12 atom stereocenters. The van der Waals surface area contributed by atoms with Crippen molar-refractivity contribution in [2.24, 2.45) is 35.0 Å². The zero-order valence-electron chi connectivity index (χ0n) is 57.6. The molecule has 103 heavy (non-hydrogen) atoms. The van der Waals surface area contributed by atoms with Crippen LogP contribution in [0, 0.1) is 70.1 Å². The molecule has 0 radical (unpaired) electrons. The first-order valence-corrected chi connectivity index (χ1v) is 39.5. The first-order chi connectivity index (χ1) is 48.6. The van der Waals surface area contributed by atoms with Gasteiger partial charge in [-0.15, -0.1) is 0 Å². The fourth-order valence-corrected chi connectivity index (χ4v) is 19.8. The lowest BCUT2D eigenvalue weighted by Crippen LogP contribution is -2.60. The van der Waals surface area contributed by atoms with Crippen LogP contribution in [0.5, 0.6) is 0 Å². The number of halogens is 9. The molecule has 31 heteroatoms. The Morgan fingerprint density at radius 1 is 0.495 bits per heavy atom. The molecule has 0 aromatic heterocycles. The largest absolute Gasteiger partial charge is 0.379 e. The van der Waals surface area contributed by atoms with Crippen LogP contribution in [0.25, 0.3) is 0 Å². The van der Waals surface area contributed by atoms with Crippen molar-refractivity contribution in [3.05, 3.63) is 177 Å². The Labute approximate surface area is 596 Å². The van der Waals surface area contributed by atoms with Crippen LogP contribution < -0.4 is 21.9 Å². The zero-order chi connectivity index (χ0) is 74.6. The van der Waals surface area contributed by atoms with Crippen LogP contribution in [0.2, 0.25) is 0 Å². The molecule has 564 valence electrons. The van der Waals surface area contributed by atoms with Gasteiger partial charge in [-0.25, -0.2) is 73.8 Å². The predicted molar refractivity (Wildman–Crippen MR) is 367 cm³/mol. The van der Waals surface area contributed by atoms with Crippen LogP contribution >= 0.6 is 0 Å². The Kier molecular flexibility index (Phi) is 25.4. The van der Waals surface area contributed by atoms with Crippen molar-refractivity contribution in [2.45, 2.75) is 182 Å². The zero-order valence-corrected chi connectivity index (χ0v) is 60.1. The number of rotatable bonds is 22. The van der Waals surface area contributed by atoms with Gasteiger partial charge >= 0.3 is 0 Å². The molecule has 12 rings (SSSR count). The van der Waals surface area contributed by atoms with E-state index in [1.54, 1.807) is 26.8 Å². The maximum absolute atomic E-state index is 14.1.